The Balaban J connectivity index is 2.40. The number of hydrogen-bond donors (Lipinski definition) is 0. The summed E-state index contributed by atoms with van der Waals surface area (Å²) in [5.74, 6) is 0.0772. The van der Waals surface area contributed by atoms with E-state index in [-0.39, 0.29) is 0 Å². The fourth-order valence-corrected chi connectivity index (χ4v) is 3.06. The molecule has 2 aromatic carbocycles. The maximum Gasteiger partial charge on any atom is 0.338 e. The van der Waals surface area contributed by atoms with Crippen LogP contribution in [0.1, 0.15) is 28.4 Å². The van der Waals surface area contributed by atoms with E-state index in [4.69, 9.17) is 14.7 Å². The molecule has 0 N–H and O–H groups in total. The highest BCUT2D eigenvalue weighted by Gasteiger charge is 2.15. The van der Waals surface area contributed by atoms with Crippen molar-refractivity contribution in [1.29, 1.82) is 10.5 Å². The van der Waals surface area contributed by atoms with E-state index in [0.717, 1.165) is 4.90 Å². The number of benzene rings is 2. The van der Waals surface area contributed by atoms with Crippen molar-refractivity contribution in [3.63, 3.8) is 0 Å². The van der Waals surface area contributed by atoms with Gasteiger partial charge in [-0.3, -0.25) is 0 Å². The summed E-state index contributed by atoms with van der Waals surface area (Å²) in [6.07, 6.45) is 0. The summed E-state index contributed by atoms with van der Waals surface area (Å²) in [6.45, 7) is 2.04. The minimum atomic E-state index is -0.420. The molecule has 0 spiro atoms. The van der Waals surface area contributed by atoms with Crippen LogP contribution in [0.3, 0.4) is 0 Å². The van der Waals surface area contributed by atoms with E-state index in [2.05, 4.69) is 6.07 Å². The lowest BCUT2D eigenvalue weighted by Gasteiger charge is -2.11. The predicted molar refractivity (Wildman–Crippen MR) is 88.9 cm³/mol. The molecule has 0 heterocycles. The normalized spacial score (nSPS) is 9.67. The first-order valence-electron chi connectivity index (χ1n) is 7.10. The topological polar surface area (TPSA) is 83.1 Å². The van der Waals surface area contributed by atoms with Crippen LogP contribution in [0, 0.1) is 22.7 Å². The Kier molecular flexibility index (Phi) is 5.83. The standard InChI is InChI=1S/C18H14N2O3S/c1-3-23-18(21)12-7-8-17(15(9-12)22-2)24-16-6-4-5-13(10-19)14(16)11-20/h4-9H,3H2,1-2H3. The molecule has 24 heavy (non-hydrogen) atoms. The molecule has 0 radical (unpaired) electrons. The van der Waals surface area contributed by atoms with E-state index in [1.54, 1.807) is 43.3 Å². The van der Waals surface area contributed by atoms with Crippen molar-refractivity contribution < 1.29 is 14.3 Å². The van der Waals surface area contributed by atoms with Gasteiger partial charge < -0.3 is 9.47 Å². The quantitative estimate of drug-likeness (QED) is 0.772. The first-order chi connectivity index (χ1) is 11.6. The first kappa shape index (κ1) is 17.4. The van der Waals surface area contributed by atoms with Gasteiger partial charge >= 0.3 is 5.97 Å². The Morgan fingerprint density at radius 2 is 1.96 bits per heavy atom. The van der Waals surface area contributed by atoms with E-state index in [9.17, 15) is 10.1 Å². The Morgan fingerprint density at radius 3 is 2.58 bits per heavy atom. The third-order valence-electron chi connectivity index (χ3n) is 3.15. The zero-order chi connectivity index (χ0) is 17.5. The Bertz CT molecular complexity index is 850. The summed E-state index contributed by atoms with van der Waals surface area (Å²) in [6, 6.07) is 14.1. The highest BCUT2D eigenvalue weighted by atomic mass is 32.2. The maximum atomic E-state index is 11.8. The molecule has 0 aliphatic carbocycles. The van der Waals surface area contributed by atoms with Crippen LogP contribution in [0.15, 0.2) is 46.2 Å². The Labute approximate surface area is 144 Å². The molecule has 0 aromatic heterocycles. The third-order valence-corrected chi connectivity index (χ3v) is 4.27. The minimum absolute atomic E-state index is 0.296. The van der Waals surface area contributed by atoms with Crippen LogP contribution < -0.4 is 4.74 Å². The van der Waals surface area contributed by atoms with Crippen molar-refractivity contribution in [3.05, 3.63) is 53.1 Å². The smallest absolute Gasteiger partial charge is 0.338 e. The van der Waals surface area contributed by atoms with Gasteiger partial charge in [0.2, 0.25) is 0 Å². The number of ether oxygens (including phenoxy) is 2. The summed E-state index contributed by atoms with van der Waals surface area (Å²) in [5.41, 5.74) is 1.04. The molecule has 0 saturated heterocycles. The SMILES string of the molecule is CCOC(=O)c1ccc(Sc2cccc(C#N)c2C#N)c(OC)c1. The van der Waals surface area contributed by atoms with Crippen LogP contribution in [0.5, 0.6) is 5.75 Å². The number of methoxy groups -OCH3 is 1. The lowest BCUT2D eigenvalue weighted by Crippen LogP contribution is -2.05. The number of esters is 1. The summed E-state index contributed by atoms with van der Waals surface area (Å²) in [7, 11) is 1.51. The van der Waals surface area contributed by atoms with Crippen LogP contribution in [0.2, 0.25) is 0 Å². The molecular weight excluding hydrogens is 324 g/mol. The molecule has 0 unspecified atom stereocenters. The molecule has 0 aliphatic rings. The van der Waals surface area contributed by atoms with Gasteiger partial charge in [0.15, 0.2) is 0 Å². The zero-order valence-electron chi connectivity index (χ0n) is 13.2. The fraction of sp³-hybridized carbons (Fsp3) is 0.167. The van der Waals surface area contributed by atoms with Crippen molar-refractivity contribution in [2.75, 3.05) is 13.7 Å². The van der Waals surface area contributed by atoms with Gasteiger partial charge in [0.1, 0.15) is 17.9 Å². The molecule has 2 aromatic rings. The molecular formula is C18H14N2O3S. The van der Waals surface area contributed by atoms with Crippen LogP contribution in [-0.2, 0) is 4.74 Å². The van der Waals surface area contributed by atoms with Gasteiger partial charge in [-0.25, -0.2) is 4.79 Å². The van der Waals surface area contributed by atoms with E-state index in [1.165, 1.54) is 18.9 Å². The van der Waals surface area contributed by atoms with Gasteiger partial charge in [0.25, 0.3) is 0 Å². The van der Waals surface area contributed by atoms with Crippen molar-refractivity contribution in [2.45, 2.75) is 16.7 Å². The summed E-state index contributed by atoms with van der Waals surface area (Å²) >= 11 is 1.30. The van der Waals surface area contributed by atoms with E-state index in [0.29, 0.717) is 33.9 Å². The fourth-order valence-electron chi connectivity index (χ4n) is 2.04. The molecule has 2 rings (SSSR count). The Hall–Kier alpha value is -2.96. The van der Waals surface area contributed by atoms with Gasteiger partial charge in [-0.15, -0.1) is 0 Å². The van der Waals surface area contributed by atoms with Crippen LogP contribution >= 0.6 is 11.8 Å². The first-order valence-corrected chi connectivity index (χ1v) is 7.92. The lowest BCUT2D eigenvalue weighted by molar-refractivity contribution is 0.0526. The predicted octanol–water partition coefficient (Wildman–Crippen LogP) is 3.77. The van der Waals surface area contributed by atoms with Crippen molar-refractivity contribution in [2.24, 2.45) is 0 Å². The van der Waals surface area contributed by atoms with E-state index >= 15 is 0 Å². The van der Waals surface area contributed by atoms with E-state index < -0.39 is 5.97 Å². The molecule has 0 aliphatic heterocycles. The molecule has 0 atom stereocenters. The van der Waals surface area contributed by atoms with E-state index in [1.807, 2.05) is 6.07 Å². The third kappa shape index (κ3) is 3.68. The largest absolute Gasteiger partial charge is 0.496 e. The lowest BCUT2D eigenvalue weighted by atomic mass is 10.1. The second-order valence-corrected chi connectivity index (χ2v) is 5.67. The average molecular weight is 338 g/mol. The van der Waals surface area contributed by atoms with Crippen molar-refractivity contribution in [1.82, 2.24) is 0 Å². The minimum Gasteiger partial charge on any atom is -0.496 e. The number of carbonyl (C=O) groups is 1. The molecule has 0 bridgehead atoms. The van der Waals surface area contributed by atoms with Crippen LogP contribution in [0.25, 0.3) is 0 Å². The monoisotopic (exact) mass is 338 g/mol. The van der Waals surface area contributed by atoms with Crippen molar-refractivity contribution >= 4 is 17.7 Å². The summed E-state index contributed by atoms with van der Waals surface area (Å²) in [4.78, 5) is 13.2. The van der Waals surface area contributed by atoms with Gasteiger partial charge in [-0.2, -0.15) is 10.5 Å². The molecule has 5 nitrogen and oxygen atoms in total. The molecule has 0 saturated carbocycles. The molecule has 0 amide bonds. The van der Waals surface area contributed by atoms with Gasteiger partial charge in [0, 0.05) is 4.90 Å². The van der Waals surface area contributed by atoms with Crippen LogP contribution in [0.4, 0.5) is 0 Å². The number of carbonyl (C=O) groups excluding carboxylic acids is 1. The number of rotatable bonds is 5. The molecule has 6 heteroatoms. The van der Waals surface area contributed by atoms with Gasteiger partial charge in [0.05, 0.1) is 35.3 Å². The average Bonchev–Trinajstić information content (AvgIpc) is 2.61. The maximum absolute atomic E-state index is 11.8. The number of nitrogens with zero attached hydrogens (tertiary/aromatic N) is 2. The highest BCUT2D eigenvalue weighted by molar-refractivity contribution is 7.99. The second-order valence-electron chi connectivity index (χ2n) is 4.59. The van der Waals surface area contributed by atoms with Crippen molar-refractivity contribution in [3.8, 4) is 17.9 Å². The zero-order valence-corrected chi connectivity index (χ0v) is 14.0. The Morgan fingerprint density at radius 1 is 1.17 bits per heavy atom. The van der Waals surface area contributed by atoms with Gasteiger partial charge in [-0.05, 0) is 37.3 Å². The number of nitriles is 2. The molecule has 0 fully saturated rings. The number of hydrogen-bond acceptors (Lipinski definition) is 6. The van der Waals surface area contributed by atoms with Crippen LogP contribution in [-0.4, -0.2) is 19.7 Å². The summed E-state index contributed by atoms with van der Waals surface area (Å²) < 4.78 is 10.3. The second kappa shape index (κ2) is 8.05. The molecule has 120 valence electrons. The van der Waals surface area contributed by atoms with Gasteiger partial charge in [-0.1, -0.05) is 17.8 Å². The highest BCUT2D eigenvalue weighted by Crippen LogP contribution is 2.37. The summed E-state index contributed by atoms with van der Waals surface area (Å²) in [5, 5.41) is 18.4.